The number of ether oxygens (including phenoxy) is 1. The van der Waals surface area contributed by atoms with Crippen molar-refractivity contribution in [2.75, 3.05) is 19.7 Å². The van der Waals surface area contributed by atoms with E-state index in [1.807, 2.05) is 32.9 Å². The zero-order chi connectivity index (χ0) is 19.1. The van der Waals surface area contributed by atoms with Crippen LogP contribution in [-0.2, 0) is 14.8 Å². The summed E-state index contributed by atoms with van der Waals surface area (Å²) in [5.74, 6) is 0. The van der Waals surface area contributed by atoms with E-state index in [-0.39, 0.29) is 6.54 Å². The van der Waals surface area contributed by atoms with Crippen molar-refractivity contribution in [3.8, 4) is 0 Å². The minimum absolute atomic E-state index is 0.228. The summed E-state index contributed by atoms with van der Waals surface area (Å²) < 4.78 is 33.8. The van der Waals surface area contributed by atoms with Crippen LogP contribution in [0.4, 0.5) is 0 Å². The fourth-order valence-corrected chi connectivity index (χ4v) is 5.89. The molecule has 2 aromatic rings. The number of aryl methyl sites for hydroxylation is 3. The summed E-state index contributed by atoms with van der Waals surface area (Å²) in [5, 5.41) is 1.00. The molecule has 0 bridgehead atoms. The topological polar surface area (TPSA) is 46.6 Å². The lowest BCUT2D eigenvalue weighted by Gasteiger charge is -2.33. The number of rotatable bonds is 3. The summed E-state index contributed by atoms with van der Waals surface area (Å²) in [7, 11) is -3.61. The van der Waals surface area contributed by atoms with E-state index in [0.29, 0.717) is 28.1 Å². The first-order valence-corrected chi connectivity index (χ1v) is 10.5. The third-order valence-electron chi connectivity index (χ3n) is 4.49. The molecule has 1 fully saturated rings. The molecule has 0 spiro atoms. The highest BCUT2D eigenvalue weighted by Crippen LogP contribution is 2.32. The van der Waals surface area contributed by atoms with Crippen LogP contribution in [0.15, 0.2) is 35.2 Å². The van der Waals surface area contributed by atoms with Gasteiger partial charge in [0, 0.05) is 23.1 Å². The average Bonchev–Trinajstić information content (AvgIpc) is 2.52. The predicted molar refractivity (Wildman–Crippen MR) is 105 cm³/mol. The molecule has 0 aliphatic carbocycles. The zero-order valence-corrected chi connectivity index (χ0v) is 17.2. The van der Waals surface area contributed by atoms with Crippen LogP contribution >= 0.6 is 23.2 Å². The third kappa shape index (κ3) is 3.92. The number of hydrogen-bond acceptors (Lipinski definition) is 3. The largest absolute Gasteiger partial charge is 0.371 e. The molecule has 0 N–H and O–H groups in total. The van der Waals surface area contributed by atoms with E-state index in [2.05, 4.69) is 0 Å². The smallest absolute Gasteiger partial charge is 0.243 e. The summed E-state index contributed by atoms with van der Waals surface area (Å²) in [6, 6.07) is 8.96. The van der Waals surface area contributed by atoms with E-state index in [1.165, 1.54) is 4.31 Å². The lowest BCUT2D eigenvalue weighted by atomic mass is 10.1. The summed E-state index contributed by atoms with van der Waals surface area (Å²) in [6.45, 7) is 6.50. The van der Waals surface area contributed by atoms with Crippen LogP contribution in [0, 0.1) is 20.8 Å². The monoisotopic (exact) mass is 413 g/mol. The summed E-state index contributed by atoms with van der Waals surface area (Å²) in [6.07, 6.45) is -0.402. The number of nitrogens with zero attached hydrogens (tertiary/aromatic N) is 1. The Balaban J connectivity index is 1.94. The Morgan fingerprint density at radius 2 is 1.58 bits per heavy atom. The van der Waals surface area contributed by atoms with Gasteiger partial charge < -0.3 is 4.74 Å². The Morgan fingerprint density at radius 3 is 2.15 bits per heavy atom. The van der Waals surface area contributed by atoms with Crippen LogP contribution in [0.3, 0.4) is 0 Å². The van der Waals surface area contributed by atoms with E-state index >= 15 is 0 Å². The van der Waals surface area contributed by atoms with Gasteiger partial charge in [0.15, 0.2) is 0 Å². The van der Waals surface area contributed by atoms with Crippen LogP contribution in [0.5, 0.6) is 0 Å². The summed E-state index contributed by atoms with van der Waals surface area (Å²) in [5.41, 5.74) is 3.35. The van der Waals surface area contributed by atoms with Gasteiger partial charge in [-0.1, -0.05) is 40.9 Å². The number of benzene rings is 2. The van der Waals surface area contributed by atoms with Crippen LogP contribution < -0.4 is 0 Å². The molecule has 7 heteroatoms. The Morgan fingerprint density at radius 1 is 1.00 bits per heavy atom. The second kappa shape index (κ2) is 7.49. The number of halogens is 2. The fraction of sp³-hybridized carbons (Fsp3) is 0.368. The highest BCUT2D eigenvalue weighted by atomic mass is 35.5. The SMILES string of the molecule is Cc1cc(C)c(S(=O)(=O)N2CCOC(c3cc(Cl)cc(Cl)c3)C2)c(C)c1. The highest BCUT2D eigenvalue weighted by molar-refractivity contribution is 7.89. The van der Waals surface area contributed by atoms with E-state index in [1.54, 1.807) is 18.2 Å². The first kappa shape index (κ1) is 19.6. The standard InChI is InChI=1S/C19H21Cl2NO3S/c1-12-6-13(2)19(14(3)7-12)26(23,24)22-4-5-25-18(11-22)15-8-16(20)10-17(21)9-15/h6-10,18H,4-5,11H2,1-3H3. The van der Waals surface area contributed by atoms with Crippen molar-refractivity contribution in [3.05, 3.63) is 62.6 Å². The molecule has 0 aromatic heterocycles. The Bertz CT molecular complexity index is 901. The van der Waals surface area contributed by atoms with Crippen molar-refractivity contribution in [2.24, 2.45) is 0 Å². The highest BCUT2D eigenvalue weighted by Gasteiger charge is 2.33. The van der Waals surface area contributed by atoms with Gasteiger partial charge in [0.2, 0.25) is 10.0 Å². The van der Waals surface area contributed by atoms with Gasteiger partial charge in [-0.15, -0.1) is 0 Å². The molecule has 4 nitrogen and oxygen atoms in total. The predicted octanol–water partition coefficient (Wildman–Crippen LogP) is 4.68. The van der Waals surface area contributed by atoms with Crippen molar-refractivity contribution in [1.29, 1.82) is 0 Å². The second-order valence-electron chi connectivity index (χ2n) is 6.65. The number of sulfonamides is 1. The Labute approximate surface area is 164 Å². The first-order chi connectivity index (χ1) is 12.2. The van der Waals surface area contributed by atoms with Crippen LogP contribution in [0.1, 0.15) is 28.4 Å². The minimum atomic E-state index is -3.61. The van der Waals surface area contributed by atoms with E-state index in [4.69, 9.17) is 27.9 Å². The maximum atomic E-state index is 13.3. The molecule has 0 saturated carbocycles. The number of morpholine rings is 1. The molecule has 1 unspecified atom stereocenters. The van der Waals surface area contributed by atoms with E-state index in [9.17, 15) is 8.42 Å². The Kier molecular flexibility index (Phi) is 5.66. The molecular formula is C19H21Cl2NO3S. The maximum Gasteiger partial charge on any atom is 0.243 e. The molecule has 140 valence electrons. The molecule has 1 saturated heterocycles. The number of hydrogen-bond donors (Lipinski definition) is 0. The molecule has 26 heavy (non-hydrogen) atoms. The van der Waals surface area contributed by atoms with E-state index in [0.717, 1.165) is 22.3 Å². The quantitative estimate of drug-likeness (QED) is 0.733. The lowest BCUT2D eigenvalue weighted by Crippen LogP contribution is -2.42. The Hall–Kier alpha value is -1.11. The van der Waals surface area contributed by atoms with Crippen molar-refractivity contribution in [2.45, 2.75) is 31.8 Å². The fourth-order valence-electron chi connectivity index (χ4n) is 3.51. The van der Waals surface area contributed by atoms with E-state index < -0.39 is 16.1 Å². The van der Waals surface area contributed by atoms with Crippen LogP contribution in [0.25, 0.3) is 0 Å². The normalized spacial score (nSPS) is 18.9. The van der Waals surface area contributed by atoms with Crippen molar-refractivity contribution in [3.63, 3.8) is 0 Å². The minimum Gasteiger partial charge on any atom is -0.371 e. The van der Waals surface area contributed by atoms with Gasteiger partial charge in [0.05, 0.1) is 17.6 Å². The maximum absolute atomic E-state index is 13.3. The van der Waals surface area contributed by atoms with Gasteiger partial charge in [-0.05, 0) is 55.7 Å². The molecule has 0 amide bonds. The molecule has 2 aromatic carbocycles. The first-order valence-electron chi connectivity index (χ1n) is 8.34. The van der Waals surface area contributed by atoms with Crippen LogP contribution in [-0.4, -0.2) is 32.4 Å². The lowest BCUT2D eigenvalue weighted by molar-refractivity contribution is -0.00256. The molecule has 1 atom stereocenters. The summed E-state index contributed by atoms with van der Waals surface area (Å²) >= 11 is 12.2. The van der Waals surface area contributed by atoms with Crippen molar-refractivity contribution < 1.29 is 13.2 Å². The van der Waals surface area contributed by atoms with Crippen molar-refractivity contribution in [1.82, 2.24) is 4.31 Å². The molecule has 3 rings (SSSR count). The molecule has 1 aliphatic heterocycles. The molecule has 1 heterocycles. The van der Waals surface area contributed by atoms with Crippen LogP contribution in [0.2, 0.25) is 10.0 Å². The zero-order valence-electron chi connectivity index (χ0n) is 14.9. The van der Waals surface area contributed by atoms with Gasteiger partial charge in [-0.25, -0.2) is 8.42 Å². The molecule has 0 radical (unpaired) electrons. The summed E-state index contributed by atoms with van der Waals surface area (Å²) in [4.78, 5) is 0.382. The van der Waals surface area contributed by atoms with Gasteiger partial charge in [0.1, 0.15) is 0 Å². The van der Waals surface area contributed by atoms with Gasteiger partial charge >= 0.3 is 0 Å². The third-order valence-corrected chi connectivity index (χ3v) is 7.10. The van der Waals surface area contributed by atoms with Gasteiger partial charge in [0.25, 0.3) is 0 Å². The second-order valence-corrected chi connectivity index (χ2v) is 9.40. The van der Waals surface area contributed by atoms with Gasteiger partial charge in [-0.2, -0.15) is 4.31 Å². The van der Waals surface area contributed by atoms with Gasteiger partial charge in [-0.3, -0.25) is 0 Å². The van der Waals surface area contributed by atoms with Crippen molar-refractivity contribution >= 4 is 33.2 Å². The molecular weight excluding hydrogens is 393 g/mol. The average molecular weight is 414 g/mol. The molecule has 1 aliphatic rings.